The molecule has 1 unspecified atom stereocenters. The number of hydrogen-bond donors (Lipinski definition) is 3. The lowest BCUT2D eigenvalue weighted by Gasteiger charge is -2.19. The average Bonchev–Trinajstić information content (AvgIpc) is 3.24. The molecule has 4 aromatic rings. The van der Waals surface area contributed by atoms with Crippen LogP contribution in [-0.4, -0.2) is 22.8 Å². The molecule has 6 heteroatoms. The van der Waals surface area contributed by atoms with E-state index in [0.29, 0.717) is 22.7 Å². The van der Waals surface area contributed by atoms with Crippen molar-refractivity contribution in [3.05, 3.63) is 101 Å². The predicted octanol–water partition coefficient (Wildman–Crippen LogP) is 4.80. The van der Waals surface area contributed by atoms with Crippen molar-refractivity contribution in [3.63, 3.8) is 0 Å². The number of carbonyl (C=O) groups is 2. The minimum absolute atomic E-state index is 0.283. The molecule has 0 spiro atoms. The Bertz CT molecular complexity index is 1170. The fraction of sp³-hybridized carbons (Fsp3) is 0.0833. The highest BCUT2D eigenvalue weighted by Crippen LogP contribution is 2.22. The molecule has 0 aliphatic heterocycles. The lowest BCUT2D eigenvalue weighted by molar-refractivity contribution is -0.118. The number of nitrogens with one attached hydrogen (secondary N) is 3. The van der Waals surface area contributed by atoms with Crippen LogP contribution in [0.15, 0.2) is 85.1 Å². The maximum Gasteiger partial charge on any atom is 0.251 e. The Balaban J connectivity index is 1.57. The molecule has 3 aromatic carbocycles. The van der Waals surface area contributed by atoms with Gasteiger partial charge in [0.2, 0.25) is 5.91 Å². The summed E-state index contributed by atoms with van der Waals surface area (Å²) < 4.78 is 0. The lowest BCUT2D eigenvalue weighted by atomic mass is 10.0. The molecule has 0 radical (unpaired) electrons. The number of hydrogen-bond acceptors (Lipinski definition) is 2. The highest BCUT2D eigenvalue weighted by molar-refractivity contribution is 6.30. The fourth-order valence-electron chi connectivity index (χ4n) is 3.32. The Kier molecular flexibility index (Phi) is 5.82. The zero-order valence-corrected chi connectivity index (χ0v) is 16.8. The van der Waals surface area contributed by atoms with E-state index in [1.807, 2.05) is 60.8 Å². The highest BCUT2D eigenvalue weighted by atomic mass is 35.5. The first-order valence-electron chi connectivity index (χ1n) is 9.57. The number of halogens is 1. The maximum atomic E-state index is 13.1. The van der Waals surface area contributed by atoms with Crippen molar-refractivity contribution < 1.29 is 9.59 Å². The number of aromatic amines is 1. The Hall–Kier alpha value is -3.57. The van der Waals surface area contributed by atoms with Crippen LogP contribution in [-0.2, 0) is 11.2 Å². The normalized spacial score (nSPS) is 11.8. The van der Waals surface area contributed by atoms with E-state index in [1.165, 1.54) is 0 Å². The number of fused-ring (bicyclic) bond motifs is 1. The molecule has 0 saturated heterocycles. The monoisotopic (exact) mass is 417 g/mol. The van der Waals surface area contributed by atoms with Gasteiger partial charge in [0.05, 0.1) is 5.69 Å². The summed E-state index contributed by atoms with van der Waals surface area (Å²) in [6.45, 7) is 0. The number of carbonyl (C=O) groups excluding carboxylic acids is 2. The van der Waals surface area contributed by atoms with Gasteiger partial charge in [0, 0.05) is 34.1 Å². The van der Waals surface area contributed by atoms with Crippen LogP contribution in [0.4, 0.5) is 5.69 Å². The van der Waals surface area contributed by atoms with Crippen molar-refractivity contribution >= 4 is 40.0 Å². The van der Waals surface area contributed by atoms with E-state index in [2.05, 4.69) is 15.6 Å². The molecule has 5 nitrogen and oxygen atoms in total. The number of anilines is 1. The van der Waals surface area contributed by atoms with Gasteiger partial charge in [0.15, 0.2) is 0 Å². The Morgan fingerprint density at radius 3 is 2.43 bits per heavy atom. The molecule has 4 rings (SSSR count). The third-order valence-electron chi connectivity index (χ3n) is 4.86. The van der Waals surface area contributed by atoms with Crippen LogP contribution in [0.3, 0.4) is 0 Å². The number of rotatable bonds is 6. The second kappa shape index (κ2) is 8.84. The first kappa shape index (κ1) is 19.7. The molecule has 150 valence electrons. The number of aromatic nitrogens is 1. The maximum absolute atomic E-state index is 13.1. The van der Waals surface area contributed by atoms with Crippen molar-refractivity contribution in [1.82, 2.24) is 10.3 Å². The van der Waals surface area contributed by atoms with Crippen LogP contribution in [0.25, 0.3) is 10.9 Å². The van der Waals surface area contributed by atoms with Gasteiger partial charge in [-0.1, -0.05) is 48.0 Å². The van der Waals surface area contributed by atoms with Crippen LogP contribution in [0, 0.1) is 0 Å². The van der Waals surface area contributed by atoms with Crippen LogP contribution in [0.1, 0.15) is 15.9 Å². The SMILES string of the molecule is O=C(NC(Cc1ccccc1)C(=O)Nc1cccc2[nH]ccc12)c1ccc(Cl)cc1. The van der Waals surface area contributed by atoms with Crippen molar-refractivity contribution in [2.24, 2.45) is 0 Å². The summed E-state index contributed by atoms with van der Waals surface area (Å²) in [5.41, 5.74) is 3.02. The number of amides is 2. The topological polar surface area (TPSA) is 74.0 Å². The quantitative estimate of drug-likeness (QED) is 0.421. The third kappa shape index (κ3) is 4.53. The molecule has 0 bridgehead atoms. The van der Waals surface area contributed by atoms with Gasteiger partial charge in [-0.25, -0.2) is 0 Å². The van der Waals surface area contributed by atoms with Gasteiger partial charge in [0.1, 0.15) is 6.04 Å². The summed E-state index contributed by atoms with van der Waals surface area (Å²) >= 11 is 5.91. The summed E-state index contributed by atoms with van der Waals surface area (Å²) in [6, 6.07) is 23.0. The third-order valence-corrected chi connectivity index (χ3v) is 5.12. The van der Waals surface area contributed by atoms with Crippen molar-refractivity contribution in [2.75, 3.05) is 5.32 Å². The number of benzene rings is 3. The molecule has 3 N–H and O–H groups in total. The van der Waals surface area contributed by atoms with Crippen molar-refractivity contribution in [2.45, 2.75) is 12.5 Å². The summed E-state index contributed by atoms with van der Waals surface area (Å²) in [5, 5.41) is 7.28. The minimum Gasteiger partial charge on any atom is -0.361 e. The van der Waals surface area contributed by atoms with Gasteiger partial charge in [-0.2, -0.15) is 0 Å². The molecular weight excluding hydrogens is 398 g/mol. The predicted molar refractivity (Wildman–Crippen MR) is 120 cm³/mol. The van der Waals surface area contributed by atoms with E-state index < -0.39 is 6.04 Å². The average molecular weight is 418 g/mol. The van der Waals surface area contributed by atoms with E-state index in [0.717, 1.165) is 16.5 Å². The van der Waals surface area contributed by atoms with E-state index in [4.69, 9.17) is 11.6 Å². The summed E-state index contributed by atoms with van der Waals surface area (Å²) in [4.78, 5) is 29.0. The molecule has 2 amide bonds. The molecule has 1 atom stereocenters. The summed E-state index contributed by atoms with van der Waals surface area (Å²) in [6.07, 6.45) is 2.19. The molecule has 1 heterocycles. The van der Waals surface area contributed by atoms with Gasteiger partial charge in [-0.15, -0.1) is 0 Å². The lowest BCUT2D eigenvalue weighted by Crippen LogP contribution is -2.45. The molecule has 0 aliphatic carbocycles. The van der Waals surface area contributed by atoms with Crippen LogP contribution in [0.5, 0.6) is 0 Å². The Labute approximate surface area is 179 Å². The zero-order valence-electron chi connectivity index (χ0n) is 16.1. The second-order valence-electron chi connectivity index (χ2n) is 6.96. The van der Waals surface area contributed by atoms with Crippen LogP contribution < -0.4 is 10.6 Å². The van der Waals surface area contributed by atoms with Crippen molar-refractivity contribution in [3.8, 4) is 0 Å². The van der Waals surface area contributed by atoms with Gasteiger partial charge < -0.3 is 15.6 Å². The van der Waals surface area contributed by atoms with Gasteiger partial charge in [-0.3, -0.25) is 9.59 Å². The fourth-order valence-corrected chi connectivity index (χ4v) is 3.44. The standard InChI is InChI=1S/C24H20ClN3O2/c25-18-11-9-17(10-12-18)23(29)28-22(15-16-5-2-1-3-6-16)24(30)27-21-8-4-7-20-19(21)13-14-26-20/h1-14,22,26H,15H2,(H,27,30)(H,28,29). The first-order valence-corrected chi connectivity index (χ1v) is 9.95. The summed E-state index contributed by atoms with van der Waals surface area (Å²) in [5.74, 6) is -0.613. The van der Waals surface area contributed by atoms with E-state index in [-0.39, 0.29) is 11.8 Å². The number of H-pyrrole nitrogens is 1. The smallest absolute Gasteiger partial charge is 0.251 e. The molecule has 30 heavy (non-hydrogen) atoms. The zero-order chi connectivity index (χ0) is 20.9. The van der Waals surface area contributed by atoms with Crippen LogP contribution in [0.2, 0.25) is 5.02 Å². The first-order chi connectivity index (χ1) is 14.6. The molecule has 1 aromatic heterocycles. The molecular formula is C24H20ClN3O2. The Morgan fingerprint density at radius 1 is 0.900 bits per heavy atom. The largest absolute Gasteiger partial charge is 0.361 e. The van der Waals surface area contributed by atoms with E-state index in [9.17, 15) is 9.59 Å². The van der Waals surface area contributed by atoms with Gasteiger partial charge >= 0.3 is 0 Å². The van der Waals surface area contributed by atoms with Gasteiger partial charge in [-0.05, 0) is 48.0 Å². The molecule has 0 fully saturated rings. The highest BCUT2D eigenvalue weighted by Gasteiger charge is 2.22. The second-order valence-corrected chi connectivity index (χ2v) is 7.39. The van der Waals surface area contributed by atoms with E-state index in [1.54, 1.807) is 24.3 Å². The van der Waals surface area contributed by atoms with E-state index >= 15 is 0 Å². The molecule has 0 saturated carbocycles. The summed E-state index contributed by atoms with van der Waals surface area (Å²) in [7, 11) is 0. The van der Waals surface area contributed by atoms with Crippen molar-refractivity contribution in [1.29, 1.82) is 0 Å². The minimum atomic E-state index is -0.746. The van der Waals surface area contributed by atoms with Crippen LogP contribution >= 0.6 is 11.6 Å². The molecule has 0 aliphatic rings. The Morgan fingerprint density at radius 2 is 1.67 bits per heavy atom. The van der Waals surface area contributed by atoms with Gasteiger partial charge in [0.25, 0.3) is 5.91 Å².